The molecule has 130 valence electrons. The Hall–Kier alpha value is -0.620. The first-order valence-electron chi connectivity index (χ1n) is 8.22. The lowest BCUT2D eigenvalue weighted by Crippen LogP contribution is -2.48. The fraction of sp³-hybridized carbons (Fsp3) is 0.938. The van der Waals surface area contributed by atoms with Crippen LogP contribution in [0.4, 0.5) is 4.79 Å². The van der Waals surface area contributed by atoms with Crippen LogP contribution in [0.15, 0.2) is 0 Å². The molecule has 0 aromatic heterocycles. The van der Waals surface area contributed by atoms with Crippen LogP contribution in [0, 0.1) is 0 Å². The van der Waals surface area contributed by atoms with Gasteiger partial charge in [-0.15, -0.1) is 0 Å². The molecule has 1 heterocycles. The second-order valence-electron chi connectivity index (χ2n) is 7.19. The number of carbonyl (C=O) groups excluding carboxylic acids is 1. The minimum Gasteiger partial charge on any atom is -0.444 e. The summed E-state index contributed by atoms with van der Waals surface area (Å²) in [6.07, 6.45) is 5.68. The van der Waals surface area contributed by atoms with Crippen molar-refractivity contribution in [1.29, 1.82) is 0 Å². The van der Waals surface area contributed by atoms with Gasteiger partial charge in [0.2, 0.25) is 0 Å². The molecule has 0 aromatic rings. The van der Waals surface area contributed by atoms with Crippen molar-refractivity contribution in [2.45, 2.75) is 71.1 Å². The zero-order valence-corrected chi connectivity index (χ0v) is 15.5. The van der Waals surface area contributed by atoms with Crippen molar-refractivity contribution in [3.8, 4) is 0 Å². The van der Waals surface area contributed by atoms with Crippen molar-refractivity contribution in [2.24, 2.45) is 0 Å². The molecular weight excluding hydrogens is 300 g/mol. The van der Waals surface area contributed by atoms with E-state index in [1.54, 1.807) is 6.26 Å². The Bertz CT molecular complexity index is 382. The molecule has 1 aliphatic heterocycles. The first-order chi connectivity index (χ1) is 10.2. The van der Waals surface area contributed by atoms with E-state index in [9.17, 15) is 9.00 Å². The summed E-state index contributed by atoms with van der Waals surface area (Å²) in [4.78, 5) is 14.2. The molecule has 0 saturated carbocycles. The fourth-order valence-corrected chi connectivity index (χ4v) is 3.15. The number of nitrogens with zero attached hydrogens (tertiary/aromatic N) is 1. The highest BCUT2D eigenvalue weighted by Crippen LogP contribution is 2.23. The lowest BCUT2D eigenvalue weighted by Gasteiger charge is -2.38. The summed E-state index contributed by atoms with van der Waals surface area (Å²) >= 11 is 0. The summed E-state index contributed by atoms with van der Waals surface area (Å²) in [5.41, 5.74) is -0.450. The maximum Gasteiger partial charge on any atom is 0.410 e. The Morgan fingerprint density at radius 1 is 1.41 bits per heavy atom. The van der Waals surface area contributed by atoms with Gasteiger partial charge < -0.3 is 15.0 Å². The minimum absolute atomic E-state index is 0.195. The van der Waals surface area contributed by atoms with E-state index >= 15 is 0 Å². The second-order valence-corrected chi connectivity index (χ2v) is 8.75. The molecule has 0 bridgehead atoms. The summed E-state index contributed by atoms with van der Waals surface area (Å²) in [7, 11) is -0.761. The summed E-state index contributed by atoms with van der Waals surface area (Å²) < 4.78 is 16.6. The Balaban J connectivity index is 2.50. The molecule has 22 heavy (non-hydrogen) atoms. The van der Waals surface area contributed by atoms with Crippen LogP contribution in [-0.2, 0) is 15.5 Å². The average Bonchev–Trinajstić information content (AvgIpc) is 2.36. The van der Waals surface area contributed by atoms with Gasteiger partial charge in [0.25, 0.3) is 0 Å². The highest BCUT2D eigenvalue weighted by molar-refractivity contribution is 7.84. The van der Waals surface area contributed by atoms with E-state index in [2.05, 4.69) is 12.2 Å². The van der Waals surface area contributed by atoms with Crippen LogP contribution in [0.5, 0.6) is 0 Å². The third-order valence-corrected chi connectivity index (χ3v) is 4.54. The number of likely N-dealkylation sites (tertiary alicyclic amines) is 1. The highest BCUT2D eigenvalue weighted by atomic mass is 32.2. The lowest BCUT2D eigenvalue weighted by molar-refractivity contribution is 0.00794. The Morgan fingerprint density at radius 2 is 2.09 bits per heavy atom. The number of piperidine rings is 1. The zero-order chi connectivity index (χ0) is 16.8. The summed E-state index contributed by atoms with van der Waals surface area (Å²) in [5, 5.41) is 3.40. The van der Waals surface area contributed by atoms with E-state index in [1.807, 2.05) is 25.7 Å². The monoisotopic (exact) mass is 332 g/mol. The molecule has 0 aliphatic carbocycles. The van der Waals surface area contributed by atoms with Gasteiger partial charge in [-0.05, 0) is 53.4 Å². The van der Waals surface area contributed by atoms with E-state index in [0.717, 1.165) is 38.8 Å². The van der Waals surface area contributed by atoms with Crippen LogP contribution in [0.2, 0.25) is 0 Å². The standard InChI is InChI=1S/C16H32N2O3S/c1-13(17-9-11-22(5)20)12-14-8-6-7-10-18(14)15(19)21-16(2,3)4/h13-14,17H,6-12H2,1-5H3. The van der Waals surface area contributed by atoms with Crippen molar-refractivity contribution < 1.29 is 13.7 Å². The number of ether oxygens (including phenoxy) is 1. The van der Waals surface area contributed by atoms with E-state index in [-0.39, 0.29) is 12.1 Å². The van der Waals surface area contributed by atoms with E-state index in [0.29, 0.717) is 11.8 Å². The molecule has 0 radical (unpaired) electrons. The van der Waals surface area contributed by atoms with Crippen LogP contribution >= 0.6 is 0 Å². The summed E-state index contributed by atoms with van der Waals surface area (Å²) in [6.45, 7) is 9.37. The van der Waals surface area contributed by atoms with Gasteiger partial charge in [-0.1, -0.05) is 0 Å². The number of nitrogens with one attached hydrogen (secondary N) is 1. The molecule has 1 rings (SSSR count). The number of hydrogen-bond acceptors (Lipinski definition) is 4. The van der Waals surface area contributed by atoms with Gasteiger partial charge in [-0.3, -0.25) is 4.21 Å². The molecule has 1 saturated heterocycles. The normalized spacial score (nSPS) is 22.2. The Kier molecular flexibility index (Phi) is 7.83. The van der Waals surface area contributed by atoms with Gasteiger partial charge in [0, 0.05) is 48.0 Å². The van der Waals surface area contributed by atoms with Crippen molar-refractivity contribution in [1.82, 2.24) is 10.2 Å². The van der Waals surface area contributed by atoms with Gasteiger partial charge in [0.15, 0.2) is 0 Å². The number of rotatable bonds is 6. The van der Waals surface area contributed by atoms with Crippen LogP contribution in [-0.4, -0.2) is 58.0 Å². The molecule has 0 spiro atoms. The molecule has 1 amide bonds. The van der Waals surface area contributed by atoms with Gasteiger partial charge in [-0.25, -0.2) is 4.79 Å². The first-order valence-corrected chi connectivity index (χ1v) is 9.95. The highest BCUT2D eigenvalue weighted by Gasteiger charge is 2.31. The first kappa shape index (κ1) is 19.4. The van der Waals surface area contributed by atoms with Crippen molar-refractivity contribution >= 4 is 16.9 Å². The third kappa shape index (κ3) is 7.58. The third-order valence-electron chi connectivity index (χ3n) is 3.76. The molecule has 5 nitrogen and oxygen atoms in total. The molecule has 0 aromatic carbocycles. The largest absolute Gasteiger partial charge is 0.444 e. The number of hydrogen-bond donors (Lipinski definition) is 1. The van der Waals surface area contributed by atoms with E-state index < -0.39 is 16.4 Å². The van der Waals surface area contributed by atoms with Crippen molar-refractivity contribution in [3.05, 3.63) is 0 Å². The molecule has 3 unspecified atom stereocenters. The van der Waals surface area contributed by atoms with Crippen molar-refractivity contribution in [2.75, 3.05) is 25.1 Å². The summed E-state index contributed by atoms with van der Waals surface area (Å²) in [6, 6.07) is 0.537. The van der Waals surface area contributed by atoms with Crippen molar-refractivity contribution in [3.63, 3.8) is 0 Å². The van der Waals surface area contributed by atoms with E-state index in [1.165, 1.54) is 0 Å². The summed E-state index contributed by atoms with van der Waals surface area (Å²) in [5.74, 6) is 0.671. The molecule has 1 aliphatic rings. The van der Waals surface area contributed by atoms with E-state index in [4.69, 9.17) is 4.74 Å². The molecule has 1 N–H and O–H groups in total. The van der Waals surface area contributed by atoms with Crippen LogP contribution in [0.1, 0.15) is 53.4 Å². The maximum absolute atomic E-state index is 12.4. The number of carbonyl (C=O) groups is 1. The van der Waals surface area contributed by atoms with Crippen LogP contribution < -0.4 is 5.32 Å². The predicted molar refractivity (Wildman–Crippen MR) is 91.6 cm³/mol. The zero-order valence-electron chi connectivity index (χ0n) is 14.7. The van der Waals surface area contributed by atoms with Crippen LogP contribution in [0.25, 0.3) is 0 Å². The topological polar surface area (TPSA) is 58.6 Å². The molecule has 3 atom stereocenters. The SMILES string of the molecule is CC(CC1CCCCN1C(=O)OC(C)(C)C)NCCS(C)=O. The second kappa shape index (κ2) is 8.87. The van der Waals surface area contributed by atoms with Gasteiger partial charge in [0.05, 0.1) is 0 Å². The molecule has 1 fully saturated rings. The quantitative estimate of drug-likeness (QED) is 0.812. The number of amides is 1. The van der Waals surface area contributed by atoms with Gasteiger partial charge in [0.1, 0.15) is 5.60 Å². The average molecular weight is 333 g/mol. The lowest BCUT2D eigenvalue weighted by atomic mass is 9.97. The molecule has 6 heteroatoms. The van der Waals surface area contributed by atoms with Gasteiger partial charge >= 0.3 is 6.09 Å². The maximum atomic E-state index is 12.4. The fourth-order valence-electron chi connectivity index (χ4n) is 2.75. The van der Waals surface area contributed by atoms with Gasteiger partial charge in [-0.2, -0.15) is 0 Å². The Labute approximate surface area is 137 Å². The minimum atomic E-state index is -0.761. The predicted octanol–water partition coefficient (Wildman–Crippen LogP) is 2.52. The smallest absolute Gasteiger partial charge is 0.410 e. The Morgan fingerprint density at radius 3 is 2.68 bits per heavy atom. The van der Waals surface area contributed by atoms with Crippen LogP contribution in [0.3, 0.4) is 0 Å². The molecular formula is C16H32N2O3S.